The van der Waals surface area contributed by atoms with E-state index in [0.717, 1.165) is 79.0 Å². The highest BCUT2D eigenvalue weighted by molar-refractivity contribution is 5.85. The average molecular weight is 467 g/mol. The van der Waals surface area contributed by atoms with E-state index >= 15 is 0 Å². The molecule has 3 N–H and O–H groups in total. The Hall–Kier alpha value is -3.22. The highest BCUT2D eigenvalue weighted by atomic mass is 16.5. The summed E-state index contributed by atoms with van der Waals surface area (Å²) in [5.74, 6) is -0.192. The number of fused-ring (bicyclic) bond motifs is 1. The number of benzene rings is 1. The molecule has 0 radical (unpaired) electrons. The van der Waals surface area contributed by atoms with Gasteiger partial charge in [-0.15, -0.1) is 0 Å². The summed E-state index contributed by atoms with van der Waals surface area (Å²) >= 11 is 0. The van der Waals surface area contributed by atoms with Crippen LogP contribution in [-0.2, 0) is 20.9 Å². The van der Waals surface area contributed by atoms with Crippen molar-refractivity contribution in [2.75, 3.05) is 19.0 Å². The molecule has 184 valence electrons. The molecule has 7 nitrogen and oxygen atoms in total. The van der Waals surface area contributed by atoms with Crippen LogP contribution in [0.25, 0.3) is 5.70 Å². The van der Waals surface area contributed by atoms with Crippen molar-refractivity contribution in [2.45, 2.75) is 70.5 Å². The predicted molar refractivity (Wildman–Crippen MR) is 137 cm³/mol. The molecule has 0 aliphatic carbocycles. The lowest BCUT2D eigenvalue weighted by Gasteiger charge is -2.36. The maximum absolute atomic E-state index is 12.6. The third-order valence-electron chi connectivity index (χ3n) is 6.60. The van der Waals surface area contributed by atoms with Crippen LogP contribution in [0.2, 0.25) is 0 Å². The minimum atomic E-state index is -0.359. The normalized spacial score (nSPS) is 18.2. The second-order valence-electron chi connectivity index (χ2n) is 9.11. The summed E-state index contributed by atoms with van der Waals surface area (Å²) in [6.45, 7) is 15.8. The van der Waals surface area contributed by atoms with Crippen LogP contribution >= 0.6 is 0 Å². The second-order valence-corrected chi connectivity index (χ2v) is 9.11. The Kier molecular flexibility index (Phi) is 8.79. The number of ether oxygens (including phenoxy) is 1. The number of hydrogen-bond acceptors (Lipinski definition) is 6. The number of esters is 1. The Labute approximate surface area is 203 Å². The van der Waals surface area contributed by atoms with E-state index in [1.807, 2.05) is 19.1 Å². The number of amides is 1. The molecule has 0 bridgehead atoms. The first-order chi connectivity index (χ1) is 16.3. The van der Waals surface area contributed by atoms with E-state index in [1.54, 1.807) is 0 Å². The van der Waals surface area contributed by atoms with Crippen LogP contribution in [0.1, 0.15) is 63.0 Å². The highest BCUT2D eigenvalue weighted by Gasteiger charge is 2.33. The fourth-order valence-electron chi connectivity index (χ4n) is 4.60. The molecule has 1 fully saturated rings. The smallest absolute Gasteiger partial charge is 0.305 e. The van der Waals surface area contributed by atoms with Gasteiger partial charge in [0, 0.05) is 53.4 Å². The number of carbonyl (C=O) groups is 2. The molecular weight excluding hydrogens is 428 g/mol. The van der Waals surface area contributed by atoms with Crippen LogP contribution in [0.5, 0.6) is 0 Å². The number of allylic oxidation sites excluding steroid dienone is 1. The third-order valence-corrected chi connectivity index (χ3v) is 6.60. The topological polar surface area (TPSA) is 82.7 Å². The van der Waals surface area contributed by atoms with E-state index in [0.29, 0.717) is 13.0 Å². The first kappa shape index (κ1) is 25.4. The minimum Gasteiger partial charge on any atom is -0.469 e. The van der Waals surface area contributed by atoms with E-state index in [9.17, 15) is 9.59 Å². The molecule has 34 heavy (non-hydrogen) atoms. The molecule has 7 heteroatoms. The first-order valence-electron chi connectivity index (χ1n) is 12.1. The lowest BCUT2D eigenvalue weighted by atomic mass is 10.0. The SMILES string of the molecule is C=C1CC[C@H](N2Cc3c(NC(C)C(=O)NCCCCCCC(=O)OC)cccc3C2=C)C(=C)N1. The lowest BCUT2D eigenvalue weighted by Crippen LogP contribution is -2.39. The summed E-state index contributed by atoms with van der Waals surface area (Å²) in [6.07, 6.45) is 5.96. The summed E-state index contributed by atoms with van der Waals surface area (Å²) in [4.78, 5) is 26.0. The monoisotopic (exact) mass is 466 g/mol. The third kappa shape index (κ3) is 6.22. The Morgan fingerprint density at radius 1 is 1.21 bits per heavy atom. The van der Waals surface area contributed by atoms with Crippen LogP contribution in [0.3, 0.4) is 0 Å². The predicted octanol–water partition coefficient (Wildman–Crippen LogP) is 4.29. The van der Waals surface area contributed by atoms with Gasteiger partial charge in [-0.1, -0.05) is 44.7 Å². The molecule has 1 unspecified atom stereocenters. The van der Waals surface area contributed by atoms with Crippen molar-refractivity contribution in [1.82, 2.24) is 15.5 Å². The molecule has 2 atom stereocenters. The van der Waals surface area contributed by atoms with Gasteiger partial charge in [0.15, 0.2) is 0 Å². The maximum atomic E-state index is 12.6. The Morgan fingerprint density at radius 3 is 2.71 bits per heavy atom. The summed E-state index contributed by atoms with van der Waals surface area (Å²) in [7, 11) is 1.41. The van der Waals surface area contributed by atoms with Gasteiger partial charge >= 0.3 is 5.97 Å². The lowest BCUT2D eigenvalue weighted by molar-refractivity contribution is -0.140. The Bertz CT molecular complexity index is 955. The van der Waals surface area contributed by atoms with Gasteiger partial charge in [-0.3, -0.25) is 9.59 Å². The average Bonchev–Trinajstić information content (AvgIpc) is 3.15. The number of unbranched alkanes of at least 4 members (excludes halogenated alkanes) is 3. The number of nitrogens with one attached hydrogen (secondary N) is 3. The minimum absolute atomic E-state index is 0.0239. The van der Waals surface area contributed by atoms with Gasteiger partial charge in [0.25, 0.3) is 0 Å². The molecule has 0 aromatic heterocycles. The van der Waals surface area contributed by atoms with Crippen LogP contribution in [0.4, 0.5) is 5.69 Å². The van der Waals surface area contributed by atoms with Gasteiger partial charge in [-0.05, 0) is 38.7 Å². The van der Waals surface area contributed by atoms with Crippen LogP contribution in [-0.4, -0.2) is 42.5 Å². The number of hydrogen-bond donors (Lipinski definition) is 3. The summed E-state index contributed by atoms with van der Waals surface area (Å²) < 4.78 is 4.64. The van der Waals surface area contributed by atoms with E-state index in [1.165, 1.54) is 7.11 Å². The molecule has 0 spiro atoms. The van der Waals surface area contributed by atoms with Crippen molar-refractivity contribution in [3.8, 4) is 0 Å². The van der Waals surface area contributed by atoms with Gasteiger partial charge in [0.2, 0.25) is 5.91 Å². The number of rotatable bonds is 11. The number of carbonyl (C=O) groups excluding carboxylic acids is 2. The molecular formula is C27H38N4O3. The number of piperidine rings is 1. The van der Waals surface area contributed by atoms with Gasteiger partial charge in [0.05, 0.1) is 13.2 Å². The van der Waals surface area contributed by atoms with Gasteiger partial charge in [-0.25, -0.2) is 0 Å². The van der Waals surface area contributed by atoms with Gasteiger partial charge in [0.1, 0.15) is 6.04 Å². The standard InChI is InChI=1S/C27H38N4O3/c1-18-14-15-25(19(2)29-18)31-17-23-22(21(31)4)11-10-12-24(23)30-20(3)27(33)28-16-9-7-6-8-13-26(32)34-5/h10-12,20,25,29-30H,1-2,4,6-9,13-17H2,3,5H3,(H,28,33)/t20?,25-/m0/s1. The van der Waals surface area contributed by atoms with Crippen molar-refractivity contribution >= 4 is 23.3 Å². The van der Waals surface area contributed by atoms with E-state index < -0.39 is 0 Å². The molecule has 1 saturated heterocycles. The molecule has 2 heterocycles. The quantitative estimate of drug-likeness (QED) is 0.333. The Balaban J connectivity index is 1.49. The summed E-state index contributed by atoms with van der Waals surface area (Å²) in [5.41, 5.74) is 6.19. The van der Waals surface area contributed by atoms with Crippen molar-refractivity contribution in [3.05, 3.63) is 60.5 Å². The molecule has 2 aliphatic heterocycles. The molecule has 0 saturated carbocycles. The van der Waals surface area contributed by atoms with Crippen molar-refractivity contribution in [3.63, 3.8) is 0 Å². The van der Waals surface area contributed by atoms with E-state index in [2.05, 4.69) is 51.4 Å². The molecule has 1 aromatic carbocycles. The van der Waals surface area contributed by atoms with Crippen molar-refractivity contribution < 1.29 is 14.3 Å². The zero-order valence-corrected chi connectivity index (χ0v) is 20.5. The van der Waals surface area contributed by atoms with Crippen molar-refractivity contribution in [1.29, 1.82) is 0 Å². The number of nitrogens with zero attached hydrogens (tertiary/aromatic N) is 1. The summed E-state index contributed by atoms with van der Waals surface area (Å²) in [6, 6.07) is 5.93. The van der Waals surface area contributed by atoms with Crippen molar-refractivity contribution in [2.24, 2.45) is 0 Å². The maximum Gasteiger partial charge on any atom is 0.305 e. The first-order valence-corrected chi connectivity index (χ1v) is 12.1. The number of methoxy groups -OCH3 is 1. The molecule has 3 rings (SSSR count). The van der Waals surface area contributed by atoms with Crippen LogP contribution in [0, 0.1) is 0 Å². The van der Waals surface area contributed by atoms with Gasteiger partial charge in [-0.2, -0.15) is 0 Å². The highest BCUT2D eigenvalue weighted by Crippen LogP contribution is 2.40. The molecule has 2 aliphatic rings. The van der Waals surface area contributed by atoms with E-state index in [4.69, 9.17) is 0 Å². The largest absolute Gasteiger partial charge is 0.469 e. The van der Waals surface area contributed by atoms with Crippen LogP contribution < -0.4 is 16.0 Å². The molecule has 1 aromatic rings. The van der Waals surface area contributed by atoms with Gasteiger partial charge < -0.3 is 25.6 Å². The van der Waals surface area contributed by atoms with Crippen LogP contribution in [0.15, 0.2) is 49.3 Å². The number of anilines is 1. The zero-order valence-electron chi connectivity index (χ0n) is 20.5. The zero-order chi connectivity index (χ0) is 24.7. The summed E-state index contributed by atoms with van der Waals surface area (Å²) in [5, 5.41) is 9.71. The fraction of sp³-hybridized carbons (Fsp3) is 0.481. The second kappa shape index (κ2) is 11.8. The molecule has 1 amide bonds. The fourth-order valence-corrected chi connectivity index (χ4v) is 4.60. The van der Waals surface area contributed by atoms with E-state index in [-0.39, 0.29) is 24.0 Å². The Morgan fingerprint density at radius 2 is 1.97 bits per heavy atom.